The van der Waals surface area contributed by atoms with E-state index >= 15 is 0 Å². The maximum Gasteiger partial charge on any atom is 0.144 e. The van der Waals surface area contributed by atoms with Crippen molar-refractivity contribution in [2.75, 3.05) is 0 Å². The van der Waals surface area contributed by atoms with Crippen molar-refractivity contribution in [3.05, 3.63) is 0 Å². The molecular formula is C6H14O2S2. The van der Waals surface area contributed by atoms with Crippen LogP contribution in [0.5, 0.6) is 0 Å². The van der Waals surface area contributed by atoms with Crippen LogP contribution in [0.25, 0.3) is 0 Å². The molecule has 0 aliphatic rings. The Bertz CT molecular complexity index is 172. The second-order valence-corrected chi connectivity index (χ2v) is 5.46. The molecule has 0 aromatic heterocycles. The van der Waals surface area contributed by atoms with E-state index in [9.17, 15) is 4.21 Å². The molecular weight excluding hydrogens is 168 g/mol. The van der Waals surface area contributed by atoms with Gasteiger partial charge in [-0.25, -0.2) is 4.21 Å². The van der Waals surface area contributed by atoms with Gasteiger partial charge in [0, 0.05) is 11.2 Å². The van der Waals surface area contributed by atoms with Gasteiger partial charge in [-0.2, -0.15) is 0 Å². The zero-order valence-electron chi connectivity index (χ0n) is 6.37. The van der Waals surface area contributed by atoms with Crippen LogP contribution in [0, 0.1) is 0 Å². The lowest BCUT2D eigenvalue weighted by atomic mass is 10.2. The molecule has 0 heterocycles. The molecule has 0 aliphatic carbocycles. The van der Waals surface area contributed by atoms with E-state index in [0.29, 0.717) is 6.42 Å². The van der Waals surface area contributed by atoms with E-state index in [4.69, 9.17) is 4.55 Å². The highest BCUT2D eigenvalue weighted by Crippen LogP contribution is 2.10. The van der Waals surface area contributed by atoms with Crippen molar-refractivity contribution in [1.82, 2.24) is 0 Å². The molecule has 0 aliphatic heterocycles. The lowest BCUT2D eigenvalue weighted by Gasteiger charge is -2.11. The zero-order chi connectivity index (χ0) is 8.20. The lowest BCUT2D eigenvalue weighted by molar-refractivity contribution is 0.531. The molecule has 2 atom stereocenters. The minimum Gasteiger partial charge on any atom is -0.305 e. The van der Waals surface area contributed by atoms with Crippen molar-refractivity contribution in [3.63, 3.8) is 0 Å². The normalized spacial score (nSPS) is 19.9. The van der Waals surface area contributed by atoms with Gasteiger partial charge in [-0.15, -0.1) is 0 Å². The fourth-order valence-corrected chi connectivity index (χ4v) is 2.54. The predicted octanol–water partition coefficient (Wildman–Crippen LogP) is 1.78. The van der Waals surface area contributed by atoms with Crippen molar-refractivity contribution in [2.45, 2.75) is 38.4 Å². The van der Waals surface area contributed by atoms with E-state index in [1.807, 2.05) is 13.8 Å². The molecule has 62 valence electrons. The first-order valence-electron chi connectivity index (χ1n) is 3.48. The van der Waals surface area contributed by atoms with Gasteiger partial charge in [0.2, 0.25) is 0 Å². The van der Waals surface area contributed by atoms with E-state index in [1.165, 1.54) is 0 Å². The Morgan fingerprint density at radius 3 is 2.20 bits per heavy atom. The van der Waals surface area contributed by atoms with Crippen LogP contribution in [0.4, 0.5) is 0 Å². The summed E-state index contributed by atoms with van der Waals surface area (Å²) in [4.78, 5) is 0. The van der Waals surface area contributed by atoms with Crippen molar-refractivity contribution >= 4 is 20.0 Å². The first kappa shape index (κ1) is 10.3. The first-order chi connectivity index (χ1) is 4.52. The molecule has 1 N–H and O–H groups in total. The third-order valence-electron chi connectivity index (χ3n) is 1.49. The smallest absolute Gasteiger partial charge is 0.144 e. The molecule has 0 aromatic rings. The largest absolute Gasteiger partial charge is 0.305 e. The van der Waals surface area contributed by atoms with Crippen LogP contribution in [-0.2, 0) is 20.0 Å². The highest BCUT2D eigenvalue weighted by Gasteiger charge is 2.14. The fraction of sp³-hybridized carbons (Fsp3) is 1.00. The molecule has 4 heteroatoms. The summed E-state index contributed by atoms with van der Waals surface area (Å²) in [5.41, 5.74) is 0. The number of rotatable bonds is 4. The zero-order valence-corrected chi connectivity index (χ0v) is 8.00. The van der Waals surface area contributed by atoms with Crippen molar-refractivity contribution in [3.8, 4) is 0 Å². The number of hydrogen-bond acceptors (Lipinski definition) is 2. The predicted molar refractivity (Wildman–Crippen MR) is 47.1 cm³/mol. The Balaban J connectivity index is 4.08. The third-order valence-corrected chi connectivity index (χ3v) is 3.72. The van der Waals surface area contributed by atoms with Gasteiger partial charge in [0.05, 0.1) is 5.25 Å². The molecule has 0 amide bonds. The molecule has 0 spiro atoms. The summed E-state index contributed by atoms with van der Waals surface area (Å²) in [6.45, 7) is 3.88. The van der Waals surface area contributed by atoms with Crippen molar-refractivity contribution in [2.24, 2.45) is 0 Å². The van der Waals surface area contributed by atoms with Gasteiger partial charge in [0.25, 0.3) is 0 Å². The lowest BCUT2D eigenvalue weighted by Crippen LogP contribution is -2.17. The summed E-state index contributed by atoms with van der Waals surface area (Å²) in [5, 5.41) is -0.188. The van der Waals surface area contributed by atoms with Gasteiger partial charge in [0.15, 0.2) is 0 Å². The summed E-state index contributed by atoms with van der Waals surface area (Å²) >= 11 is 4.45. The first-order valence-corrected chi connectivity index (χ1v) is 5.99. The Kier molecular flexibility index (Phi) is 4.40. The van der Waals surface area contributed by atoms with Crippen molar-refractivity contribution in [1.29, 1.82) is 0 Å². The Hall–Kier alpha value is 0.330. The van der Waals surface area contributed by atoms with E-state index in [1.54, 1.807) is 0 Å². The standard InChI is InChI=1S/C6H14O2S2/c1-3-5-6(4-2)10(7,8)9/h6H,3-5H2,1-2H3,(H,7,8,9). The molecule has 0 bridgehead atoms. The molecule has 0 fully saturated rings. The Morgan fingerprint density at radius 1 is 1.60 bits per heavy atom. The topological polar surface area (TPSA) is 37.3 Å². The van der Waals surface area contributed by atoms with Gasteiger partial charge in [-0.05, 0) is 12.8 Å². The molecule has 0 saturated heterocycles. The van der Waals surface area contributed by atoms with E-state index < -0.39 is 8.77 Å². The summed E-state index contributed by atoms with van der Waals surface area (Å²) < 4.78 is 19.8. The van der Waals surface area contributed by atoms with Gasteiger partial charge < -0.3 is 4.55 Å². The molecule has 0 aromatic carbocycles. The van der Waals surface area contributed by atoms with E-state index in [2.05, 4.69) is 11.2 Å². The summed E-state index contributed by atoms with van der Waals surface area (Å²) in [6.07, 6.45) is 2.38. The molecule has 0 saturated carbocycles. The second kappa shape index (κ2) is 4.26. The maximum atomic E-state index is 10.9. The maximum absolute atomic E-state index is 10.9. The quantitative estimate of drug-likeness (QED) is 0.720. The monoisotopic (exact) mass is 182 g/mol. The van der Waals surface area contributed by atoms with Crippen LogP contribution in [-0.4, -0.2) is 14.0 Å². The Morgan fingerprint density at radius 2 is 2.10 bits per heavy atom. The fourth-order valence-electron chi connectivity index (χ4n) is 0.886. The van der Waals surface area contributed by atoms with Gasteiger partial charge in [-0.3, -0.25) is 0 Å². The molecule has 2 nitrogen and oxygen atoms in total. The second-order valence-electron chi connectivity index (χ2n) is 2.33. The molecule has 10 heavy (non-hydrogen) atoms. The SMILES string of the molecule is CCCC(CC)S(=O)(O)=S. The van der Waals surface area contributed by atoms with E-state index in [0.717, 1.165) is 12.8 Å². The van der Waals surface area contributed by atoms with Crippen molar-refractivity contribution < 1.29 is 8.76 Å². The molecule has 0 radical (unpaired) electrons. The highest BCUT2D eigenvalue weighted by molar-refractivity contribution is 8.30. The average Bonchev–Trinajstić information content (AvgIpc) is 1.80. The van der Waals surface area contributed by atoms with Gasteiger partial charge >= 0.3 is 0 Å². The Labute approximate surface area is 67.5 Å². The third kappa shape index (κ3) is 3.49. The van der Waals surface area contributed by atoms with Crippen LogP contribution in [0.3, 0.4) is 0 Å². The van der Waals surface area contributed by atoms with Crippen LogP contribution < -0.4 is 0 Å². The summed E-state index contributed by atoms with van der Waals surface area (Å²) in [7, 11) is -2.94. The summed E-state index contributed by atoms with van der Waals surface area (Å²) in [5.74, 6) is 0. The number of hydrogen-bond donors (Lipinski definition) is 1. The van der Waals surface area contributed by atoms with Crippen LogP contribution in [0.2, 0.25) is 0 Å². The molecule has 2 unspecified atom stereocenters. The minimum absolute atomic E-state index is 0.188. The van der Waals surface area contributed by atoms with Crippen LogP contribution in [0.15, 0.2) is 0 Å². The molecule has 0 rings (SSSR count). The average molecular weight is 182 g/mol. The highest BCUT2D eigenvalue weighted by atomic mass is 32.8. The van der Waals surface area contributed by atoms with Crippen LogP contribution in [0.1, 0.15) is 33.1 Å². The van der Waals surface area contributed by atoms with Gasteiger partial charge in [0.1, 0.15) is 8.77 Å². The van der Waals surface area contributed by atoms with E-state index in [-0.39, 0.29) is 5.25 Å². The van der Waals surface area contributed by atoms with Crippen LogP contribution >= 0.6 is 0 Å². The van der Waals surface area contributed by atoms with Gasteiger partial charge in [-0.1, -0.05) is 20.3 Å². The summed E-state index contributed by atoms with van der Waals surface area (Å²) in [6, 6.07) is 0. The minimum atomic E-state index is -2.94.